The number of rotatable bonds is 12. The van der Waals surface area contributed by atoms with Crippen molar-refractivity contribution in [2.24, 2.45) is 17.3 Å². The van der Waals surface area contributed by atoms with Crippen LogP contribution in [0.3, 0.4) is 0 Å². The lowest BCUT2D eigenvalue weighted by molar-refractivity contribution is -0.215. The molecule has 14 heteroatoms. The lowest BCUT2D eigenvalue weighted by Crippen LogP contribution is -2.43. The van der Waals surface area contributed by atoms with Crippen LogP contribution in [-0.2, 0) is 54.7 Å². The molecule has 3 rings (SSSR count). The third kappa shape index (κ3) is 8.53. The molecular formula is C26H32B3F3O7S. The minimum Gasteiger partial charge on any atom is -0.460 e. The molecule has 0 aliphatic heterocycles. The van der Waals surface area contributed by atoms with Crippen molar-refractivity contribution in [3.63, 3.8) is 0 Å². The highest BCUT2D eigenvalue weighted by Crippen LogP contribution is 2.51. The van der Waals surface area contributed by atoms with Crippen LogP contribution in [0, 0.1) is 17.3 Å². The molecule has 0 spiro atoms. The van der Waals surface area contributed by atoms with Crippen LogP contribution in [0.5, 0.6) is 0 Å². The number of hydrogen-bond acceptors (Lipinski definition) is 6. The van der Waals surface area contributed by atoms with Gasteiger partial charge in [0.15, 0.2) is 0 Å². The molecule has 7 nitrogen and oxygen atoms in total. The van der Waals surface area contributed by atoms with E-state index in [2.05, 4.69) is 4.74 Å². The predicted molar refractivity (Wildman–Crippen MR) is 143 cm³/mol. The Morgan fingerprint density at radius 3 is 2.20 bits per heavy atom. The van der Waals surface area contributed by atoms with Gasteiger partial charge in [0.05, 0.1) is 29.0 Å². The van der Waals surface area contributed by atoms with Gasteiger partial charge in [-0.2, -0.15) is 21.6 Å². The second kappa shape index (κ2) is 13.4. The average molecular weight is 578 g/mol. The Bertz CT molecular complexity index is 1160. The van der Waals surface area contributed by atoms with E-state index in [9.17, 15) is 31.2 Å². The number of carbonyl (C=O) groups is 2. The fourth-order valence-electron chi connectivity index (χ4n) is 6.24. The summed E-state index contributed by atoms with van der Waals surface area (Å²) in [6.07, 6.45) is -3.70. The van der Waals surface area contributed by atoms with Gasteiger partial charge in [-0.05, 0) is 48.6 Å². The number of fused-ring (bicyclic) bond motifs is 2. The molecule has 1 N–H and O–H groups in total. The van der Waals surface area contributed by atoms with Crippen LogP contribution in [0.1, 0.15) is 73.6 Å². The zero-order chi connectivity index (χ0) is 29.7. The monoisotopic (exact) mass is 578 g/mol. The fourth-order valence-corrected chi connectivity index (χ4v) is 6.88. The van der Waals surface area contributed by atoms with Crippen molar-refractivity contribution < 1.29 is 45.2 Å². The molecule has 0 aromatic heterocycles. The zero-order valence-corrected chi connectivity index (χ0v) is 23.1. The van der Waals surface area contributed by atoms with Gasteiger partial charge in [0.25, 0.3) is 10.1 Å². The summed E-state index contributed by atoms with van der Waals surface area (Å²) in [5, 5.41) is 0. The Balaban J connectivity index is 1.79. The van der Waals surface area contributed by atoms with Gasteiger partial charge >= 0.3 is 18.1 Å². The van der Waals surface area contributed by atoms with E-state index in [1.165, 1.54) is 0 Å². The maximum Gasteiger partial charge on any atom is 0.426 e. The quantitative estimate of drug-likeness (QED) is 0.230. The molecule has 2 fully saturated rings. The van der Waals surface area contributed by atoms with Crippen molar-refractivity contribution in [1.82, 2.24) is 0 Å². The summed E-state index contributed by atoms with van der Waals surface area (Å²) in [5.74, 6) is -3.26. The zero-order valence-electron chi connectivity index (χ0n) is 22.3. The number of alkyl halides is 3. The van der Waals surface area contributed by atoms with Gasteiger partial charge in [-0.1, -0.05) is 61.5 Å². The first-order valence-corrected chi connectivity index (χ1v) is 14.9. The van der Waals surface area contributed by atoms with Gasteiger partial charge in [-0.15, -0.1) is 0 Å². The van der Waals surface area contributed by atoms with Crippen molar-refractivity contribution in [1.29, 1.82) is 0 Å². The van der Waals surface area contributed by atoms with Crippen molar-refractivity contribution in [3.8, 4) is 0 Å². The van der Waals surface area contributed by atoms with E-state index in [4.69, 9.17) is 32.8 Å². The molecule has 0 amide bonds. The van der Waals surface area contributed by atoms with Crippen LogP contribution in [0.25, 0.3) is 0 Å². The van der Waals surface area contributed by atoms with Gasteiger partial charge in [0.2, 0.25) is 6.10 Å². The maximum atomic E-state index is 13.7. The first-order chi connectivity index (χ1) is 18.7. The largest absolute Gasteiger partial charge is 0.460 e. The highest BCUT2D eigenvalue weighted by Gasteiger charge is 2.49. The second-order valence-electron chi connectivity index (χ2n) is 10.9. The van der Waals surface area contributed by atoms with Gasteiger partial charge < -0.3 is 9.47 Å². The normalized spacial score (nSPS) is 23.8. The van der Waals surface area contributed by atoms with Crippen LogP contribution < -0.4 is 0 Å². The van der Waals surface area contributed by atoms with Gasteiger partial charge in [-0.3, -0.25) is 14.1 Å². The second-order valence-corrected chi connectivity index (χ2v) is 12.4. The van der Waals surface area contributed by atoms with Crippen molar-refractivity contribution in [3.05, 3.63) is 34.4 Å². The lowest BCUT2D eigenvalue weighted by Gasteiger charge is -2.45. The number of halogens is 3. The Kier molecular flexibility index (Phi) is 10.9. The summed E-state index contributed by atoms with van der Waals surface area (Å²) in [7, 11) is 12.5. The number of esters is 2. The molecule has 40 heavy (non-hydrogen) atoms. The number of ether oxygens (including phenoxy) is 2. The molecule has 2 bridgehead atoms. The fraction of sp³-hybridized carbons (Fsp3) is 0.692. The molecule has 6 radical (unpaired) electrons. The molecule has 2 aliphatic carbocycles. The number of benzene rings is 1. The molecule has 2 aliphatic rings. The molecule has 0 saturated heterocycles. The average Bonchev–Trinajstić information content (AvgIpc) is 2.88. The van der Waals surface area contributed by atoms with E-state index in [0.717, 1.165) is 42.4 Å². The molecule has 1 aromatic rings. The van der Waals surface area contributed by atoms with Gasteiger partial charge in [0, 0.05) is 6.42 Å². The minimum absolute atomic E-state index is 0.113. The summed E-state index contributed by atoms with van der Waals surface area (Å²) in [5.41, 5.74) is 1.85. The number of carbonyl (C=O) groups excluding carboxylic acids is 2. The molecule has 2 saturated carbocycles. The first-order valence-electron chi connectivity index (χ1n) is 13.3. The van der Waals surface area contributed by atoms with Crippen LogP contribution in [0.15, 0.2) is 12.1 Å². The van der Waals surface area contributed by atoms with Crippen molar-refractivity contribution in [2.75, 3.05) is 5.75 Å². The van der Waals surface area contributed by atoms with E-state index in [1.807, 2.05) is 6.07 Å². The highest BCUT2D eigenvalue weighted by molar-refractivity contribution is 7.85. The lowest BCUT2D eigenvalue weighted by atomic mass is 9.59. The summed E-state index contributed by atoms with van der Waals surface area (Å²) in [6, 6.07) is 3.64. The minimum atomic E-state index is -5.20. The molecule has 0 heterocycles. The Morgan fingerprint density at radius 1 is 1.05 bits per heavy atom. The summed E-state index contributed by atoms with van der Waals surface area (Å²) in [4.78, 5) is 26.1. The van der Waals surface area contributed by atoms with Gasteiger partial charge in [-0.25, -0.2) is 0 Å². The van der Waals surface area contributed by atoms with E-state index in [0.29, 0.717) is 18.4 Å². The molecule has 3 unspecified atom stereocenters. The first kappa shape index (κ1) is 32.6. The third-order valence-corrected chi connectivity index (χ3v) is 8.73. The summed E-state index contributed by atoms with van der Waals surface area (Å²) < 4.78 is 80.8. The molecule has 3 atom stereocenters. The van der Waals surface area contributed by atoms with Crippen LogP contribution in [0.2, 0.25) is 0 Å². The predicted octanol–water partition coefficient (Wildman–Crippen LogP) is 3.46. The number of hydrogen-bond donors (Lipinski definition) is 1. The van der Waals surface area contributed by atoms with Crippen LogP contribution in [0.4, 0.5) is 13.2 Å². The smallest absolute Gasteiger partial charge is 0.426 e. The SMILES string of the molecule is [B]Cc1cc(C[B])c(C[B])c(COC(=O)C2(CCC(=O)OC(CS(=O)(=O)O)C(F)(F)F)CC3CCCC(C3)C2)c1. The van der Waals surface area contributed by atoms with Crippen LogP contribution >= 0.6 is 0 Å². The van der Waals surface area contributed by atoms with Crippen molar-refractivity contribution >= 4 is 45.6 Å². The summed E-state index contributed by atoms with van der Waals surface area (Å²) in [6.45, 7) is -0.113. The van der Waals surface area contributed by atoms with Crippen LogP contribution in [-0.4, -0.2) is 66.5 Å². The third-order valence-electron chi connectivity index (χ3n) is 8.00. The molecule has 1 aromatic carbocycles. The van der Waals surface area contributed by atoms with E-state index >= 15 is 0 Å². The molecular weight excluding hydrogens is 546 g/mol. The molecule has 214 valence electrons. The maximum absolute atomic E-state index is 13.7. The topological polar surface area (TPSA) is 107 Å². The van der Waals surface area contributed by atoms with Crippen molar-refractivity contribution in [2.45, 2.75) is 89.2 Å². The van der Waals surface area contributed by atoms with E-state index in [-0.39, 0.29) is 43.8 Å². The Morgan fingerprint density at radius 2 is 1.68 bits per heavy atom. The highest BCUT2D eigenvalue weighted by atomic mass is 32.2. The van der Waals surface area contributed by atoms with Gasteiger partial charge in [0.1, 0.15) is 12.4 Å². The standard InChI is InChI=1S/C26H32B3F3O7S/c27-11-18-7-19(12-28)21(13-29)20(8-18)14-38-24(34)25(9-16-2-1-3-17(6-16)10-25)5-4-23(33)39-22(26(30,31)32)15-40(35,36)37/h7-8,16-17,22H,1-6,9-15H2,(H,35,36,37). The Labute approximate surface area is 237 Å². The summed E-state index contributed by atoms with van der Waals surface area (Å²) >= 11 is 0. The van der Waals surface area contributed by atoms with E-state index in [1.54, 1.807) is 6.07 Å². The Hall–Kier alpha value is -1.95. The van der Waals surface area contributed by atoms with E-state index < -0.39 is 51.9 Å².